The molecule has 0 saturated carbocycles. The number of nitrogens with zero attached hydrogens (tertiary/aromatic N) is 1. The molecule has 1 amide bonds. The van der Waals surface area contributed by atoms with Crippen LogP contribution >= 0.6 is 0 Å². The first-order valence-electron chi connectivity index (χ1n) is 6.72. The number of H-pyrrole nitrogens is 1. The molecule has 1 aliphatic heterocycles. The van der Waals surface area contributed by atoms with E-state index in [2.05, 4.69) is 30.2 Å². The molecule has 1 aliphatic rings. The van der Waals surface area contributed by atoms with E-state index in [9.17, 15) is 4.79 Å². The SMILES string of the molecule is CC1(C)CN(C(=O)CCCc2ccc[nH]2)CCN1. The summed E-state index contributed by atoms with van der Waals surface area (Å²) in [7, 11) is 0. The van der Waals surface area contributed by atoms with E-state index in [1.807, 2.05) is 17.2 Å². The van der Waals surface area contributed by atoms with Gasteiger partial charge in [-0.3, -0.25) is 4.79 Å². The Morgan fingerprint density at radius 3 is 3.00 bits per heavy atom. The number of hydrogen-bond donors (Lipinski definition) is 2. The van der Waals surface area contributed by atoms with Gasteiger partial charge in [-0.05, 0) is 38.8 Å². The molecule has 2 N–H and O–H groups in total. The van der Waals surface area contributed by atoms with Gasteiger partial charge in [0.2, 0.25) is 5.91 Å². The molecule has 1 saturated heterocycles. The predicted molar refractivity (Wildman–Crippen MR) is 72.4 cm³/mol. The fourth-order valence-corrected chi connectivity index (χ4v) is 2.47. The van der Waals surface area contributed by atoms with Crippen molar-refractivity contribution in [1.29, 1.82) is 0 Å². The van der Waals surface area contributed by atoms with Crippen LogP contribution in [0.5, 0.6) is 0 Å². The zero-order chi connectivity index (χ0) is 13.0. The second kappa shape index (κ2) is 5.57. The number of hydrogen-bond acceptors (Lipinski definition) is 2. The Morgan fingerprint density at radius 2 is 2.33 bits per heavy atom. The van der Waals surface area contributed by atoms with Gasteiger partial charge < -0.3 is 15.2 Å². The van der Waals surface area contributed by atoms with Gasteiger partial charge >= 0.3 is 0 Å². The van der Waals surface area contributed by atoms with Gasteiger partial charge in [0.1, 0.15) is 0 Å². The summed E-state index contributed by atoms with van der Waals surface area (Å²) in [6, 6.07) is 4.06. The molecule has 1 aromatic heterocycles. The first kappa shape index (κ1) is 13.1. The smallest absolute Gasteiger partial charge is 0.222 e. The van der Waals surface area contributed by atoms with Crippen molar-refractivity contribution in [2.75, 3.05) is 19.6 Å². The number of carbonyl (C=O) groups is 1. The number of nitrogens with one attached hydrogen (secondary N) is 2. The van der Waals surface area contributed by atoms with E-state index in [1.165, 1.54) is 5.69 Å². The van der Waals surface area contributed by atoms with Crippen LogP contribution in [-0.4, -0.2) is 41.0 Å². The lowest BCUT2D eigenvalue weighted by Crippen LogP contribution is -2.58. The van der Waals surface area contributed by atoms with Crippen molar-refractivity contribution in [3.63, 3.8) is 0 Å². The number of piperazine rings is 1. The predicted octanol–water partition coefficient (Wildman–Crippen LogP) is 1.55. The van der Waals surface area contributed by atoms with E-state index >= 15 is 0 Å². The quantitative estimate of drug-likeness (QED) is 0.850. The average Bonchev–Trinajstić information content (AvgIpc) is 2.80. The molecule has 2 heterocycles. The zero-order valence-corrected chi connectivity index (χ0v) is 11.3. The molecule has 0 unspecified atom stereocenters. The lowest BCUT2D eigenvalue weighted by Gasteiger charge is -2.39. The fraction of sp³-hybridized carbons (Fsp3) is 0.643. The molecule has 0 bridgehead atoms. The molecule has 100 valence electrons. The van der Waals surface area contributed by atoms with Crippen LogP contribution in [0.15, 0.2) is 18.3 Å². The molecular formula is C14H23N3O. The summed E-state index contributed by atoms with van der Waals surface area (Å²) >= 11 is 0. The number of aryl methyl sites for hydroxylation is 1. The first-order chi connectivity index (χ1) is 8.57. The Morgan fingerprint density at radius 1 is 1.50 bits per heavy atom. The van der Waals surface area contributed by atoms with Crippen LogP contribution in [0.3, 0.4) is 0 Å². The fourth-order valence-electron chi connectivity index (χ4n) is 2.47. The first-order valence-corrected chi connectivity index (χ1v) is 6.72. The summed E-state index contributed by atoms with van der Waals surface area (Å²) in [4.78, 5) is 17.3. The normalized spacial score (nSPS) is 18.9. The summed E-state index contributed by atoms with van der Waals surface area (Å²) in [6.45, 7) is 6.84. The highest BCUT2D eigenvalue weighted by molar-refractivity contribution is 5.76. The number of aromatic nitrogens is 1. The molecule has 1 fully saturated rings. The standard InChI is InChI=1S/C14H23N3O/c1-14(2)11-17(10-9-16-14)13(18)7-3-5-12-6-4-8-15-12/h4,6,8,15-16H,3,5,7,9-11H2,1-2H3. The Labute approximate surface area is 109 Å². The van der Waals surface area contributed by atoms with Crippen molar-refractivity contribution in [2.24, 2.45) is 0 Å². The molecule has 1 aromatic rings. The third kappa shape index (κ3) is 3.60. The second-order valence-electron chi connectivity index (χ2n) is 5.67. The van der Waals surface area contributed by atoms with Gasteiger partial charge in [0, 0.05) is 43.5 Å². The summed E-state index contributed by atoms with van der Waals surface area (Å²) in [5.41, 5.74) is 1.26. The molecule has 0 aromatic carbocycles. The molecule has 18 heavy (non-hydrogen) atoms. The van der Waals surface area contributed by atoms with Crippen LogP contribution in [0.4, 0.5) is 0 Å². The minimum Gasteiger partial charge on any atom is -0.365 e. The lowest BCUT2D eigenvalue weighted by molar-refractivity contribution is -0.133. The molecule has 4 heteroatoms. The van der Waals surface area contributed by atoms with E-state index in [0.29, 0.717) is 6.42 Å². The van der Waals surface area contributed by atoms with Gasteiger partial charge in [-0.1, -0.05) is 0 Å². The monoisotopic (exact) mass is 249 g/mol. The lowest BCUT2D eigenvalue weighted by atomic mass is 10.0. The van der Waals surface area contributed by atoms with Crippen LogP contribution in [0.1, 0.15) is 32.4 Å². The minimum absolute atomic E-state index is 0.0490. The van der Waals surface area contributed by atoms with Crippen LogP contribution in [0.2, 0.25) is 0 Å². The number of aromatic amines is 1. The van der Waals surface area contributed by atoms with E-state index in [1.54, 1.807) is 0 Å². The summed E-state index contributed by atoms with van der Waals surface area (Å²) in [6.07, 6.45) is 4.45. The topological polar surface area (TPSA) is 48.1 Å². The molecule has 0 radical (unpaired) electrons. The Hall–Kier alpha value is -1.29. The molecule has 0 aliphatic carbocycles. The molecule has 2 rings (SSSR count). The average molecular weight is 249 g/mol. The van der Waals surface area contributed by atoms with Crippen molar-refractivity contribution in [1.82, 2.24) is 15.2 Å². The third-order valence-corrected chi connectivity index (χ3v) is 3.42. The van der Waals surface area contributed by atoms with Crippen LogP contribution in [0.25, 0.3) is 0 Å². The molecule has 4 nitrogen and oxygen atoms in total. The van der Waals surface area contributed by atoms with Crippen LogP contribution in [-0.2, 0) is 11.2 Å². The molecular weight excluding hydrogens is 226 g/mol. The van der Waals surface area contributed by atoms with Crippen molar-refractivity contribution in [3.8, 4) is 0 Å². The Bertz CT molecular complexity index is 384. The van der Waals surface area contributed by atoms with Crippen LogP contribution < -0.4 is 5.32 Å². The van der Waals surface area contributed by atoms with Crippen molar-refractivity contribution in [2.45, 2.75) is 38.6 Å². The van der Waals surface area contributed by atoms with Crippen molar-refractivity contribution < 1.29 is 4.79 Å². The highest BCUT2D eigenvalue weighted by Crippen LogP contribution is 2.12. The number of amides is 1. The van der Waals surface area contributed by atoms with Gasteiger partial charge in [-0.15, -0.1) is 0 Å². The zero-order valence-electron chi connectivity index (χ0n) is 11.3. The molecule has 0 spiro atoms. The van der Waals surface area contributed by atoms with Crippen molar-refractivity contribution >= 4 is 5.91 Å². The summed E-state index contributed by atoms with van der Waals surface area (Å²) < 4.78 is 0. The highest BCUT2D eigenvalue weighted by atomic mass is 16.2. The maximum Gasteiger partial charge on any atom is 0.222 e. The largest absolute Gasteiger partial charge is 0.365 e. The number of rotatable bonds is 4. The van der Waals surface area contributed by atoms with Gasteiger partial charge in [0.05, 0.1) is 0 Å². The van der Waals surface area contributed by atoms with Crippen molar-refractivity contribution in [3.05, 3.63) is 24.0 Å². The van der Waals surface area contributed by atoms with Gasteiger partial charge in [0.15, 0.2) is 0 Å². The molecule has 0 atom stereocenters. The van der Waals surface area contributed by atoms with E-state index in [-0.39, 0.29) is 11.4 Å². The second-order valence-corrected chi connectivity index (χ2v) is 5.67. The number of carbonyl (C=O) groups excluding carboxylic acids is 1. The Balaban J connectivity index is 1.74. The van der Waals surface area contributed by atoms with Crippen LogP contribution in [0, 0.1) is 0 Å². The van der Waals surface area contributed by atoms with E-state index in [0.717, 1.165) is 32.5 Å². The van der Waals surface area contributed by atoms with Gasteiger partial charge in [-0.2, -0.15) is 0 Å². The summed E-state index contributed by atoms with van der Waals surface area (Å²) in [5.74, 6) is 0.288. The van der Waals surface area contributed by atoms with Gasteiger partial charge in [0.25, 0.3) is 0 Å². The Kier molecular flexibility index (Phi) is 4.07. The van der Waals surface area contributed by atoms with E-state index < -0.39 is 0 Å². The maximum atomic E-state index is 12.1. The minimum atomic E-state index is 0.0490. The van der Waals surface area contributed by atoms with E-state index in [4.69, 9.17) is 0 Å². The summed E-state index contributed by atoms with van der Waals surface area (Å²) in [5, 5.41) is 3.42. The van der Waals surface area contributed by atoms with Gasteiger partial charge in [-0.25, -0.2) is 0 Å². The maximum absolute atomic E-state index is 12.1. The third-order valence-electron chi connectivity index (χ3n) is 3.42. The highest BCUT2D eigenvalue weighted by Gasteiger charge is 2.27.